The van der Waals surface area contributed by atoms with Crippen molar-refractivity contribution in [1.29, 1.82) is 5.26 Å². The van der Waals surface area contributed by atoms with Crippen LogP contribution in [0, 0.1) is 18.3 Å². The second kappa shape index (κ2) is 5.57. The van der Waals surface area contributed by atoms with Crippen LogP contribution in [-0.4, -0.2) is 9.55 Å². The third-order valence-electron chi connectivity index (χ3n) is 3.04. The minimum atomic E-state index is -0.396. The van der Waals surface area contributed by atoms with Crippen molar-refractivity contribution in [1.82, 2.24) is 9.55 Å². The van der Waals surface area contributed by atoms with E-state index >= 15 is 0 Å². The Bertz CT molecular complexity index is 575. The summed E-state index contributed by atoms with van der Waals surface area (Å²) >= 11 is 0. The molecule has 1 aromatic carbocycles. The van der Waals surface area contributed by atoms with Gasteiger partial charge in [0.15, 0.2) is 6.04 Å². The molecule has 1 N–H and O–H groups in total. The summed E-state index contributed by atoms with van der Waals surface area (Å²) in [5.41, 5.74) is 3.03. The molecule has 0 aliphatic heterocycles. The predicted molar refractivity (Wildman–Crippen MR) is 75.8 cm³/mol. The van der Waals surface area contributed by atoms with Gasteiger partial charge in [-0.15, -0.1) is 0 Å². The molecule has 1 heterocycles. The summed E-state index contributed by atoms with van der Waals surface area (Å²) in [4.78, 5) is 4.14. The van der Waals surface area contributed by atoms with Gasteiger partial charge < -0.3 is 9.88 Å². The van der Waals surface area contributed by atoms with Gasteiger partial charge >= 0.3 is 0 Å². The standard InChI is InChI=1S/C15H18N4/c1-11(2)19-10-17-9-15(19)14(8-16)18-13-6-4-12(3)5-7-13/h4-7,9-11,14,18H,1-3H3. The van der Waals surface area contributed by atoms with Crippen molar-refractivity contribution in [3.05, 3.63) is 48.0 Å². The third-order valence-corrected chi connectivity index (χ3v) is 3.04. The van der Waals surface area contributed by atoms with Gasteiger partial charge in [-0.25, -0.2) is 4.98 Å². The van der Waals surface area contributed by atoms with Crippen LogP contribution in [0.1, 0.15) is 37.2 Å². The molecule has 0 fully saturated rings. The summed E-state index contributed by atoms with van der Waals surface area (Å²) in [7, 11) is 0. The maximum absolute atomic E-state index is 9.37. The van der Waals surface area contributed by atoms with E-state index in [0.29, 0.717) is 0 Å². The fourth-order valence-corrected chi connectivity index (χ4v) is 1.96. The van der Waals surface area contributed by atoms with Gasteiger partial charge in [-0.2, -0.15) is 5.26 Å². The Hall–Kier alpha value is -2.28. The molecule has 1 aromatic heterocycles. The van der Waals surface area contributed by atoms with Crippen molar-refractivity contribution in [3.63, 3.8) is 0 Å². The number of aromatic nitrogens is 2. The summed E-state index contributed by atoms with van der Waals surface area (Å²) in [6, 6.07) is 10.2. The van der Waals surface area contributed by atoms with Crippen LogP contribution in [0.3, 0.4) is 0 Å². The molecule has 0 aliphatic rings. The minimum absolute atomic E-state index is 0.285. The Kier molecular flexibility index (Phi) is 3.86. The number of rotatable bonds is 4. The van der Waals surface area contributed by atoms with Crippen molar-refractivity contribution in [3.8, 4) is 6.07 Å². The predicted octanol–water partition coefficient (Wildman–Crippen LogP) is 3.45. The maximum Gasteiger partial charge on any atom is 0.156 e. The van der Waals surface area contributed by atoms with E-state index in [4.69, 9.17) is 0 Å². The monoisotopic (exact) mass is 254 g/mol. The number of nitrogens with zero attached hydrogens (tertiary/aromatic N) is 3. The fourth-order valence-electron chi connectivity index (χ4n) is 1.96. The van der Waals surface area contributed by atoms with Crippen LogP contribution in [0.5, 0.6) is 0 Å². The van der Waals surface area contributed by atoms with Gasteiger partial charge in [0, 0.05) is 11.7 Å². The largest absolute Gasteiger partial charge is 0.365 e. The molecule has 98 valence electrons. The number of benzene rings is 1. The zero-order valence-corrected chi connectivity index (χ0v) is 11.5. The molecule has 0 bridgehead atoms. The number of nitriles is 1. The van der Waals surface area contributed by atoms with Crippen LogP contribution in [0.4, 0.5) is 5.69 Å². The van der Waals surface area contributed by atoms with E-state index in [9.17, 15) is 5.26 Å². The van der Waals surface area contributed by atoms with Crippen LogP contribution < -0.4 is 5.32 Å². The van der Waals surface area contributed by atoms with E-state index in [1.807, 2.05) is 35.8 Å². The molecule has 0 radical (unpaired) electrons. The van der Waals surface area contributed by atoms with Gasteiger partial charge in [0.1, 0.15) is 0 Å². The first-order valence-corrected chi connectivity index (χ1v) is 6.36. The number of hydrogen-bond donors (Lipinski definition) is 1. The van der Waals surface area contributed by atoms with Crippen molar-refractivity contribution < 1.29 is 0 Å². The lowest BCUT2D eigenvalue weighted by Crippen LogP contribution is -2.14. The highest BCUT2D eigenvalue weighted by molar-refractivity contribution is 5.47. The van der Waals surface area contributed by atoms with Crippen molar-refractivity contribution >= 4 is 5.69 Å². The molecular formula is C15H18N4. The molecule has 0 aliphatic carbocycles. The summed E-state index contributed by atoms with van der Waals surface area (Å²) in [6.45, 7) is 6.19. The molecular weight excluding hydrogens is 236 g/mol. The molecule has 4 nitrogen and oxygen atoms in total. The topological polar surface area (TPSA) is 53.6 Å². The van der Waals surface area contributed by atoms with E-state index in [2.05, 4.69) is 30.2 Å². The number of hydrogen-bond acceptors (Lipinski definition) is 3. The van der Waals surface area contributed by atoms with E-state index in [1.54, 1.807) is 12.5 Å². The zero-order chi connectivity index (χ0) is 13.8. The molecule has 2 rings (SSSR count). The number of nitrogens with one attached hydrogen (secondary N) is 1. The maximum atomic E-state index is 9.37. The highest BCUT2D eigenvalue weighted by Crippen LogP contribution is 2.21. The Balaban J connectivity index is 2.23. The van der Waals surface area contributed by atoms with Gasteiger partial charge in [0.05, 0.1) is 24.3 Å². The average molecular weight is 254 g/mol. The highest BCUT2D eigenvalue weighted by atomic mass is 15.1. The van der Waals surface area contributed by atoms with E-state index < -0.39 is 6.04 Å². The van der Waals surface area contributed by atoms with Crippen LogP contribution >= 0.6 is 0 Å². The number of aryl methyl sites for hydroxylation is 1. The van der Waals surface area contributed by atoms with Crippen LogP contribution in [-0.2, 0) is 0 Å². The summed E-state index contributed by atoms with van der Waals surface area (Å²) in [6.07, 6.45) is 3.51. The van der Waals surface area contributed by atoms with Gasteiger partial charge in [0.25, 0.3) is 0 Å². The molecule has 0 saturated carbocycles. The summed E-state index contributed by atoms with van der Waals surface area (Å²) in [5, 5.41) is 12.6. The van der Waals surface area contributed by atoms with Crippen molar-refractivity contribution in [2.24, 2.45) is 0 Å². The molecule has 1 unspecified atom stereocenters. The quantitative estimate of drug-likeness (QED) is 0.909. The smallest absolute Gasteiger partial charge is 0.156 e. The van der Waals surface area contributed by atoms with Gasteiger partial charge in [0.2, 0.25) is 0 Å². The van der Waals surface area contributed by atoms with Crippen LogP contribution in [0.2, 0.25) is 0 Å². The van der Waals surface area contributed by atoms with Crippen molar-refractivity contribution in [2.75, 3.05) is 5.32 Å². The molecule has 0 spiro atoms. The first kappa shape index (κ1) is 13.2. The first-order valence-electron chi connectivity index (χ1n) is 6.36. The second-order valence-electron chi connectivity index (χ2n) is 4.89. The third kappa shape index (κ3) is 2.94. The van der Waals surface area contributed by atoms with E-state index in [1.165, 1.54) is 5.56 Å². The van der Waals surface area contributed by atoms with Gasteiger partial charge in [-0.1, -0.05) is 17.7 Å². The Labute approximate surface area is 113 Å². The Morgan fingerprint density at radius 1 is 1.26 bits per heavy atom. The number of imidazole rings is 1. The Morgan fingerprint density at radius 2 is 1.95 bits per heavy atom. The normalized spacial score (nSPS) is 12.2. The highest BCUT2D eigenvalue weighted by Gasteiger charge is 2.16. The average Bonchev–Trinajstić information content (AvgIpc) is 2.87. The SMILES string of the molecule is Cc1ccc(NC(C#N)c2cncn2C(C)C)cc1. The van der Waals surface area contributed by atoms with Gasteiger partial charge in [-0.3, -0.25) is 0 Å². The molecule has 1 atom stereocenters. The van der Waals surface area contributed by atoms with E-state index in [0.717, 1.165) is 11.4 Å². The van der Waals surface area contributed by atoms with E-state index in [-0.39, 0.29) is 6.04 Å². The summed E-state index contributed by atoms with van der Waals surface area (Å²) < 4.78 is 2.01. The molecule has 4 heteroatoms. The van der Waals surface area contributed by atoms with Gasteiger partial charge in [-0.05, 0) is 32.9 Å². The summed E-state index contributed by atoms with van der Waals surface area (Å²) in [5.74, 6) is 0. The minimum Gasteiger partial charge on any atom is -0.365 e. The lowest BCUT2D eigenvalue weighted by atomic mass is 10.2. The van der Waals surface area contributed by atoms with Crippen LogP contribution in [0.25, 0.3) is 0 Å². The zero-order valence-electron chi connectivity index (χ0n) is 11.5. The lowest BCUT2D eigenvalue weighted by molar-refractivity contribution is 0.570. The molecule has 0 amide bonds. The molecule has 0 saturated heterocycles. The Morgan fingerprint density at radius 3 is 2.53 bits per heavy atom. The molecule has 2 aromatic rings. The number of anilines is 1. The molecule has 19 heavy (non-hydrogen) atoms. The van der Waals surface area contributed by atoms with Crippen molar-refractivity contribution in [2.45, 2.75) is 32.9 Å². The lowest BCUT2D eigenvalue weighted by Gasteiger charge is -2.17. The van der Waals surface area contributed by atoms with Crippen LogP contribution in [0.15, 0.2) is 36.8 Å². The second-order valence-corrected chi connectivity index (χ2v) is 4.89. The first-order chi connectivity index (χ1) is 9.11. The fraction of sp³-hybridized carbons (Fsp3) is 0.333.